The van der Waals surface area contributed by atoms with Gasteiger partial charge in [0.15, 0.2) is 0 Å². The maximum Gasteiger partial charge on any atom is 0.305 e. The van der Waals surface area contributed by atoms with Gasteiger partial charge in [0.2, 0.25) is 0 Å². The molecule has 0 atom stereocenters. The van der Waals surface area contributed by atoms with Gasteiger partial charge in [0.1, 0.15) is 5.75 Å². The number of hydrogen-bond donors (Lipinski definition) is 1. The van der Waals surface area contributed by atoms with Crippen LogP contribution in [0.3, 0.4) is 0 Å². The normalized spacial score (nSPS) is 10.8. The molecule has 0 bridgehead atoms. The van der Waals surface area contributed by atoms with Gasteiger partial charge in [-0.3, -0.25) is 4.79 Å². The van der Waals surface area contributed by atoms with E-state index in [1.165, 1.54) is 7.11 Å². The molecule has 92 valence electrons. The number of methoxy groups -OCH3 is 1. The average molecular weight is 234 g/mol. The first-order chi connectivity index (χ1) is 8.04. The number of benzene rings is 1. The molecule has 0 aliphatic rings. The van der Waals surface area contributed by atoms with Crippen LogP contribution in [0.2, 0.25) is 0 Å². The van der Waals surface area contributed by atoms with Crippen molar-refractivity contribution < 1.29 is 14.6 Å². The van der Waals surface area contributed by atoms with Crippen molar-refractivity contribution in [2.24, 2.45) is 0 Å². The molecule has 0 saturated heterocycles. The van der Waals surface area contributed by atoms with Crippen LogP contribution in [0.15, 0.2) is 18.2 Å². The molecule has 3 nitrogen and oxygen atoms in total. The lowest BCUT2D eigenvalue weighted by Gasteiger charge is -2.04. The lowest BCUT2D eigenvalue weighted by Crippen LogP contribution is -1.97. The molecule has 1 aromatic rings. The molecule has 0 fully saturated rings. The first-order valence-corrected chi connectivity index (χ1v) is 5.58. The molecule has 0 spiro atoms. The molecule has 0 aliphatic carbocycles. The highest BCUT2D eigenvalue weighted by Gasteiger charge is 2.01. The third-order valence-electron chi connectivity index (χ3n) is 2.57. The number of esters is 1. The molecule has 0 aliphatic heterocycles. The minimum atomic E-state index is -0.201. The van der Waals surface area contributed by atoms with Crippen LogP contribution in [-0.2, 0) is 9.53 Å². The van der Waals surface area contributed by atoms with Gasteiger partial charge in [-0.25, -0.2) is 0 Å². The molecule has 1 aromatic carbocycles. The van der Waals surface area contributed by atoms with E-state index in [1.54, 1.807) is 0 Å². The minimum Gasteiger partial charge on any atom is -0.507 e. The summed E-state index contributed by atoms with van der Waals surface area (Å²) in [6.45, 7) is 3.74. The third-order valence-corrected chi connectivity index (χ3v) is 2.57. The first kappa shape index (κ1) is 13.3. The zero-order valence-electron chi connectivity index (χ0n) is 10.5. The number of aryl methyl sites for hydroxylation is 2. The number of ether oxygens (including phenoxy) is 1. The fourth-order valence-electron chi connectivity index (χ4n) is 1.61. The Morgan fingerprint density at radius 3 is 2.47 bits per heavy atom. The molecule has 0 amide bonds. The van der Waals surface area contributed by atoms with Crippen molar-refractivity contribution >= 4 is 12.0 Å². The zero-order valence-corrected chi connectivity index (χ0v) is 10.5. The Balaban J connectivity index is 2.63. The van der Waals surface area contributed by atoms with E-state index in [0.29, 0.717) is 18.6 Å². The molecule has 0 heterocycles. The van der Waals surface area contributed by atoms with Crippen molar-refractivity contribution in [2.45, 2.75) is 26.7 Å². The van der Waals surface area contributed by atoms with Crippen molar-refractivity contribution in [2.75, 3.05) is 7.11 Å². The Kier molecular flexibility index (Phi) is 4.76. The summed E-state index contributed by atoms with van der Waals surface area (Å²) >= 11 is 0. The molecule has 0 saturated carbocycles. The summed E-state index contributed by atoms with van der Waals surface area (Å²) in [6.07, 6.45) is 4.93. The summed E-state index contributed by atoms with van der Waals surface area (Å²) in [6, 6.07) is 3.83. The van der Waals surface area contributed by atoms with E-state index in [2.05, 4.69) is 4.74 Å². The summed E-state index contributed by atoms with van der Waals surface area (Å²) < 4.78 is 4.55. The number of rotatable bonds is 4. The number of aromatic hydroxyl groups is 1. The first-order valence-electron chi connectivity index (χ1n) is 5.58. The van der Waals surface area contributed by atoms with E-state index in [-0.39, 0.29) is 5.97 Å². The Bertz CT molecular complexity index is 410. The van der Waals surface area contributed by atoms with Crippen LogP contribution >= 0.6 is 0 Å². The average Bonchev–Trinajstić information content (AvgIpc) is 2.31. The number of carbonyl (C=O) groups is 1. The molecule has 17 heavy (non-hydrogen) atoms. The van der Waals surface area contributed by atoms with E-state index in [4.69, 9.17) is 0 Å². The minimum absolute atomic E-state index is 0.201. The van der Waals surface area contributed by atoms with Gasteiger partial charge < -0.3 is 9.84 Å². The smallest absolute Gasteiger partial charge is 0.305 e. The van der Waals surface area contributed by atoms with Crippen LogP contribution in [0.4, 0.5) is 0 Å². The third kappa shape index (κ3) is 3.94. The van der Waals surface area contributed by atoms with Gasteiger partial charge in [-0.05, 0) is 49.1 Å². The predicted octanol–water partition coefficient (Wildman–Crippen LogP) is 2.98. The van der Waals surface area contributed by atoms with Gasteiger partial charge in [-0.15, -0.1) is 0 Å². The summed E-state index contributed by atoms with van der Waals surface area (Å²) in [7, 11) is 1.39. The van der Waals surface area contributed by atoms with E-state index in [1.807, 2.05) is 38.1 Å². The molecule has 0 unspecified atom stereocenters. The van der Waals surface area contributed by atoms with Gasteiger partial charge in [-0.2, -0.15) is 0 Å². The van der Waals surface area contributed by atoms with E-state index >= 15 is 0 Å². The van der Waals surface area contributed by atoms with Gasteiger partial charge in [0.25, 0.3) is 0 Å². The van der Waals surface area contributed by atoms with Crippen LogP contribution in [0.5, 0.6) is 5.75 Å². The van der Waals surface area contributed by atoms with Crippen molar-refractivity contribution in [1.29, 1.82) is 0 Å². The lowest BCUT2D eigenvalue weighted by atomic mass is 10.1. The standard InChI is InChI=1S/C14H18O3/c1-10-8-12(9-11(2)14(10)16)6-4-5-7-13(15)17-3/h4,6,8-9,16H,5,7H2,1-3H3. The fraction of sp³-hybridized carbons (Fsp3) is 0.357. The molecule has 0 radical (unpaired) electrons. The summed E-state index contributed by atoms with van der Waals surface area (Å²) in [4.78, 5) is 10.9. The van der Waals surface area contributed by atoms with Crippen LogP contribution < -0.4 is 0 Å². The Morgan fingerprint density at radius 2 is 1.94 bits per heavy atom. The fourth-order valence-corrected chi connectivity index (χ4v) is 1.61. The number of phenols is 1. The number of carbonyl (C=O) groups excluding carboxylic acids is 1. The number of phenolic OH excluding ortho intramolecular Hbond substituents is 1. The van der Waals surface area contributed by atoms with Crippen LogP contribution in [-0.4, -0.2) is 18.2 Å². The monoisotopic (exact) mass is 234 g/mol. The second-order valence-electron chi connectivity index (χ2n) is 4.02. The van der Waals surface area contributed by atoms with Crippen LogP contribution in [0.1, 0.15) is 29.5 Å². The van der Waals surface area contributed by atoms with Crippen molar-refractivity contribution in [3.63, 3.8) is 0 Å². The molecule has 0 aromatic heterocycles. The summed E-state index contributed by atoms with van der Waals surface area (Å²) in [5.74, 6) is 0.143. The van der Waals surface area contributed by atoms with Crippen molar-refractivity contribution in [1.82, 2.24) is 0 Å². The van der Waals surface area contributed by atoms with E-state index < -0.39 is 0 Å². The van der Waals surface area contributed by atoms with Crippen molar-refractivity contribution in [3.05, 3.63) is 34.9 Å². The van der Waals surface area contributed by atoms with Gasteiger partial charge >= 0.3 is 5.97 Å². The molecule has 3 heteroatoms. The Hall–Kier alpha value is -1.77. The molecular weight excluding hydrogens is 216 g/mol. The zero-order chi connectivity index (χ0) is 12.8. The highest BCUT2D eigenvalue weighted by Crippen LogP contribution is 2.23. The number of hydrogen-bond acceptors (Lipinski definition) is 3. The number of allylic oxidation sites excluding steroid dienone is 1. The summed E-state index contributed by atoms with van der Waals surface area (Å²) in [5.41, 5.74) is 2.75. The molecule has 1 N–H and O–H groups in total. The second kappa shape index (κ2) is 6.09. The second-order valence-corrected chi connectivity index (χ2v) is 4.02. The highest BCUT2D eigenvalue weighted by atomic mass is 16.5. The predicted molar refractivity (Wildman–Crippen MR) is 67.9 cm³/mol. The lowest BCUT2D eigenvalue weighted by molar-refractivity contribution is -0.140. The molecular formula is C14H18O3. The van der Waals surface area contributed by atoms with Crippen molar-refractivity contribution in [3.8, 4) is 5.75 Å². The van der Waals surface area contributed by atoms with Gasteiger partial charge in [0.05, 0.1) is 7.11 Å². The summed E-state index contributed by atoms with van der Waals surface area (Å²) in [5, 5.41) is 9.62. The molecule has 1 rings (SSSR count). The van der Waals surface area contributed by atoms with Gasteiger partial charge in [-0.1, -0.05) is 12.2 Å². The van der Waals surface area contributed by atoms with Gasteiger partial charge in [0, 0.05) is 6.42 Å². The maximum atomic E-state index is 10.9. The van der Waals surface area contributed by atoms with E-state index in [0.717, 1.165) is 16.7 Å². The Morgan fingerprint density at radius 1 is 1.35 bits per heavy atom. The van der Waals surface area contributed by atoms with Crippen LogP contribution in [0.25, 0.3) is 6.08 Å². The largest absolute Gasteiger partial charge is 0.507 e. The topological polar surface area (TPSA) is 46.5 Å². The van der Waals surface area contributed by atoms with Crippen LogP contribution in [0, 0.1) is 13.8 Å². The van der Waals surface area contributed by atoms with E-state index in [9.17, 15) is 9.90 Å². The Labute approximate surface area is 102 Å². The highest BCUT2D eigenvalue weighted by molar-refractivity contribution is 5.69. The maximum absolute atomic E-state index is 10.9. The SMILES string of the molecule is COC(=O)CCC=Cc1cc(C)c(O)c(C)c1. The quantitative estimate of drug-likeness (QED) is 0.815.